The van der Waals surface area contributed by atoms with Crippen LogP contribution in [0.3, 0.4) is 0 Å². The van der Waals surface area contributed by atoms with Crippen molar-refractivity contribution in [3.05, 3.63) is 60.3 Å². The maximum Gasteiger partial charge on any atom is 0.246 e. The van der Waals surface area contributed by atoms with Gasteiger partial charge in [0.25, 0.3) is 0 Å². The second kappa shape index (κ2) is 9.13. The summed E-state index contributed by atoms with van der Waals surface area (Å²) < 4.78 is 1.85. The topological polar surface area (TPSA) is 58.9 Å². The minimum absolute atomic E-state index is 0.0811. The van der Waals surface area contributed by atoms with Gasteiger partial charge in [0.05, 0.1) is 18.3 Å². The number of carbonyl (C=O) groups excluding carboxylic acids is 1. The quantitative estimate of drug-likeness (QED) is 0.475. The van der Waals surface area contributed by atoms with E-state index >= 15 is 0 Å². The average molecular weight is 405 g/mol. The Labute approximate surface area is 177 Å². The molecule has 156 valence electrons. The minimum Gasteiger partial charge on any atom is -0.336 e. The highest BCUT2D eigenvalue weighted by Gasteiger charge is 2.24. The zero-order valence-corrected chi connectivity index (χ0v) is 17.5. The number of fused-ring (bicyclic) bond motifs is 1. The molecule has 6 nitrogen and oxygen atoms in total. The maximum atomic E-state index is 13.0. The number of rotatable bonds is 6. The van der Waals surface area contributed by atoms with Crippen molar-refractivity contribution < 1.29 is 9.63 Å². The number of hydrogen-bond acceptors (Lipinski definition) is 4. The summed E-state index contributed by atoms with van der Waals surface area (Å²) in [4.78, 5) is 20.0. The lowest BCUT2D eigenvalue weighted by molar-refractivity contribution is -0.129. The Morgan fingerprint density at radius 3 is 3.00 bits per heavy atom. The molecule has 0 bridgehead atoms. The maximum absolute atomic E-state index is 13.0. The van der Waals surface area contributed by atoms with Gasteiger partial charge < -0.3 is 4.90 Å². The minimum atomic E-state index is 0.0811. The number of carbonyl (C=O) groups is 1. The van der Waals surface area contributed by atoms with E-state index in [9.17, 15) is 4.79 Å². The molecule has 6 heteroatoms. The number of benzene rings is 1. The van der Waals surface area contributed by atoms with Crippen molar-refractivity contribution in [3.8, 4) is 11.3 Å². The van der Waals surface area contributed by atoms with Gasteiger partial charge in [0.1, 0.15) is 5.69 Å². The highest BCUT2D eigenvalue weighted by Crippen LogP contribution is 2.29. The molecule has 1 atom stereocenters. The van der Waals surface area contributed by atoms with Crippen molar-refractivity contribution in [3.63, 3.8) is 0 Å². The number of nitrogens with one attached hydrogen (secondary N) is 1. The van der Waals surface area contributed by atoms with E-state index in [1.54, 1.807) is 13.2 Å². The molecule has 1 amide bonds. The third-order valence-electron chi connectivity index (χ3n) is 5.71. The molecule has 1 unspecified atom stereocenters. The lowest BCUT2D eigenvalue weighted by Gasteiger charge is -2.34. The van der Waals surface area contributed by atoms with Gasteiger partial charge in [0.15, 0.2) is 0 Å². The van der Waals surface area contributed by atoms with Gasteiger partial charge in [-0.25, -0.2) is 4.52 Å². The molecule has 3 heterocycles. The van der Waals surface area contributed by atoms with Crippen LogP contribution in [-0.4, -0.2) is 40.1 Å². The molecule has 1 aliphatic rings. The van der Waals surface area contributed by atoms with Gasteiger partial charge >= 0.3 is 0 Å². The Morgan fingerprint density at radius 2 is 2.17 bits per heavy atom. The second-order valence-electron chi connectivity index (χ2n) is 7.60. The second-order valence-corrected chi connectivity index (χ2v) is 7.60. The molecule has 3 aromatic rings. The van der Waals surface area contributed by atoms with Crippen LogP contribution in [0.2, 0.25) is 0 Å². The van der Waals surface area contributed by atoms with E-state index < -0.39 is 0 Å². The number of piperidine rings is 1. The monoisotopic (exact) mass is 404 g/mol. The first kappa shape index (κ1) is 20.2. The summed E-state index contributed by atoms with van der Waals surface area (Å²) in [6.07, 6.45) is 9.93. The lowest BCUT2D eigenvalue weighted by atomic mass is 9.99. The number of amides is 1. The Bertz CT molecular complexity index is 1060. The molecule has 4 rings (SSSR count). The molecular weight excluding hydrogens is 376 g/mol. The summed E-state index contributed by atoms with van der Waals surface area (Å²) in [5, 5.41) is 4.78. The fourth-order valence-electron chi connectivity index (χ4n) is 4.21. The van der Waals surface area contributed by atoms with Crippen molar-refractivity contribution in [1.82, 2.24) is 14.5 Å². The fourth-order valence-corrected chi connectivity index (χ4v) is 4.21. The molecule has 1 aromatic carbocycles. The van der Waals surface area contributed by atoms with E-state index in [1.165, 1.54) is 6.42 Å². The third kappa shape index (κ3) is 4.09. The molecule has 0 radical (unpaired) electrons. The number of likely N-dealkylation sites (tertiary alicyclic amines) is 1. The summed E-state index contributed by atoms with van der Waals surface area (Å²) in [5.41, 5.74) is 7.39. The predicted octanol–water partition coefficient (Wildman–Crippen LogP) is 4.78. The normalized spacial score (nSPS) is 17.0. The van der Waals surface area contributed by atoms with E-state index in [4.69, 9.17) is 9.94 Å². The Hall–Kier alpha value is -3.12. The van der Waals surface area contributed by atoms with Crippen LogP contribution in [0, 0.1) is 0 Å². The lowest BCUT2D eigenvalue weighted by Crippen LogP contribution is -2.42. The van der Waals surface area contributed by atoms with Gasteiger partial charge in [-0.05, 0) is 56.0 Å². The van der Waals surface area contributed by atoms with Crippen molar-refractivity contribution >= 4 is 23.2 Å². The van der Waals surface area contributed by atoms with Crippen LogP contribution < -0.4 is 5.48 Å². The Kier molecular flexibility index (Phi) is 6.14. The first-order valence-corrected chi connectivity index (χ1v) is 10.6. The van der Waals surface area contributed by atoms with Gasteiger partial charge in [-0.15, -0.1) is 0 Å². The van der Waals surface area contributed by atoms with Crippen molar-refractivity contribution in [2.45, 2.75) is 38.6 Å². The average Bonchev–Trinajstić information content (AvgIpc) is 3.16. The number of hydrogen-bond donors (Lipinski definition) is 1. The number of nitrogens with zero attached hydrogens (tertiary/aromatic N) is 3. The molecule has 1 aliphatic heterocycles. The summed E-state index contributed by atoms with van der Waals surface area (Å²) in [6.45, 7) is 3.00. The SMILES string of the molecule is CCC1CCCCN1C(=O)C=Cc1c(-c2cccc(NOC)c2)nn2ccccc12. The molecule has 30 heavy (non-hydrogen) atoms. The zero-order chi connectivity index (χ0) is 20.9. The van der Waals surface area contributed by atoms with Crippen molar-refractivity contribution in [2.75, 3.05) is 19.1 Å². The largest absolute Gasteiger partial charge is 0.336 e. The smallest absolute Gasteiger partial charge is 0.246 e. The Balaban J connectivity index is 1.71. The molecule has 1 fully saturated rings. The summed E-state index contributed by atoms with van der Waals surface area (Å²) in [5.74, 6) is 0.0811. The van der Waals surface area contributed by atoms with Crippen LogP contribution in [0.25, 0.3) is 22.9 Å². The van der Waals surface area contributed by atoms with Crippen molar-refractivity contribution in [1.29, 1.82) is 0 Å². The van der Waals surface area contributed by atoms with Crippen LogP contribution in [0.15, 0.2) is 54.7 Å². The summed E-state index contributed by atoms with van der Waals surface area (Å²) in [7, 11) is 1.58. The molecule has 2 aromatic heterocycles. The highest BCUT2D eigenvalue weighted by molar-refractivity contribution is 5.95. The molecule has 0 aliphatic carbocycles. The van der Waals surface area contributed by atoms with Gasteiger partial charge in [-0.1, -0.05) is 25.1 Å². The summed E-state index contributed by atoms with van der Waals surface area (Å²) >= 11 is 0. The molecule has 1 saturated heterocycles. The fraction of sp³-hybridized carbons (Fsp3) is 0.333. The number of pyridine rings is 1. The summed E-state index contributed by atoms with van der Waals surface area (Å²) in [6, 6.07) is 14.2. The van der Waals surface area contributed by atoms with Crippen LogP contribution >= 0.6 is 0 Å². The predicted molar refractivity (Wildman–Crippen MR) is 120 cm³/mol. The van der Waals surface area contributed by atoms with Crippen molar-refractivity contribution in [2.24, 2.45) is 0 Å². The molecule has 0 spiro atoms. The molecular formula is C24H28N4O2. The first-order valence-electron chi connectivity index (χ1n) is 10.6. The molecule has 1 N–H and O–H groups in total. The van der Waals surface area contributed by atoms with Crippen LogP contribution in [0.5, 0.6) is 0 Å². The zero-order valence-electron chi connectivity index (χ0n) is 17.5. The van der Waals surface area contributed by atoms with E-state index in [-0.39, 0.29) is 5.91 Å². The van der Waals surface area contributed by atoms with Crippen LogP contribution in [0.4, 0.5) is 5.69 Å². The van der Waals surface area contributed by atoms with E-state index in [0.29, 0.717) is 6.04 Å². The Morgan fingerprint density at radius 1 is 1.27 bits per heavy atom. The number of aromatic nitrogens is 2. The van der Waals surface area contributed by atoms with E-state index in [1.807, 2.05) is 64.2 Å². The van der Waals surface area contributed by atoms with Gasteiger partial charge in [-0.2, -0.15) is 5.10 Å². The van der Waals surface area contributed by atoms with E-state index in [2.05, 4.69) is 12.4 Å². The van der Waals surface area contributed by atoms with Crippen LogP contribution in [0.1, 0.15) is 38.2 Å². The van der Waals surface area contributed by atoms with E-state index in [0.717, 1.165) is 53.8 Å². The third-order valence-corrected chi connectivity index (χ3v) is 5.71. The van der Waals surface area contributed by atoms with Gasteiger partial charge in [0.2, 0.25) is 5.91 Å². The first-order chi connectivity index (χ1) is 14.7. The number of anilines is 1. The van der Waals surface area contributed by atoms with Gasteiger partial charge in [0, 0.05) is 36.0 Å². The van der Waals surface area contributed by atoms with Gasteiger partial charge in [-0.3, -0.25) is 15.1 Å². The highest BCUT2D eigenvalue weighted by atomic mass is 16.6. The van der Waals surface area contributed by atoms with Crippen LogP contribution in [-0.2, 0) is 9.63 Å². The standard InChI is InChI=1S/C24H28N4O2/c1-3-20-11-4-6-15-27(20)23(29)14-13-21-22-12-5-7-16-28(22)25-24(21)18-9-8-10-19(17-18)26-30-2/h5,7-10,12-14,16-17,20,26H,3-4,6,11,15H2,1-2H3. The molecule has 0 saturated carbocycles.